The average molecular weight is 198 g/mol. The van der Waals surface area contributed by atoms with Crippen LogP contribution >= 0.6 is 11.8 Å². The number of allylic oxidation sites excluding steroid dienone is 2. The van der Waals surface area contributed by atoms with Crippen LogP contribution < -0.4 is 0 Å². The molecule has 0 aliphatic carbocycles. The molecule has 0 N–H and O–H groups in total. The third kappa shape index (κ3) is 5.54. The van der Waals surface area contributed by atoms with Gasteiger partial charge in [0.1, 0.15) is 5.83 Å². The molecule has 0 amide bonds. The number of hydrogen-bond donors (Lipinski definition) is 0. The van der Waals surface area contributed by atoms with Crippen LogP contribution in [0.15, 0.2) is 24.1 Å². The summed E-state index contributed by atoms with van der Waals surface area (Å²) in [4.78, 5) is 0. The molecular formula is C11H15FS. The molecule has 0 aliphatic rings. The first-order valence-corrected chi connectivity index (χ1v) is 5.42. The van der Waals surface area contributed by atoms with E-state index < -0.39 is 0 Å². The second-order valence-electron chi connectivity index (χ2n) is 2.57. The van der Waals surface area contributed by atoms with Crippen molar-refractivity contribution < 1.29 is 4.39 Å². The molecule has 0 rings (SSSR count). The Labute approximate surface area is 84.3 Å². The van der Waals surface area contributed by atoms with Gasteiger partial charge in [0.25, 0.3) is 0 Å². The zero-order valence-electron chi connectivity index (χ0n) is 7.98. The normalized spacial score (nSPS) is 11.8. The van der Waals surface area contributed by atoms with E-state index in [2.05, 4.69) is 19.4 Å². The van der Waals surface area contributed by atoms with Crippen molar-refractivity contribution in [1.82, 2.24) is 0 Å². The predicted molar refractivity (Wildman–Crippen MR) is 59.4 cm³/mol. The van der Waals surface area contributed by atoms with E-state index in [1.54, 1.807) is 17.8 Å². The van der Waals surface area contributed by atoms with Crippen molar-refractivity contribution in [2.45, 2.75) is 19.8 Å². The Morgan fingerprint density at radius 2 is 2.38 bits per heavy atom. The molecule has 0 spiro atoms. The molecule has 0 nitrogen and oxygen atoms in total. The van der Waals surface area contributed by atoms with Gasteiger partial charge in [-0.2, -0.15) is 11.8 Å². The van der Waals surface area contributed by atoms with Gasteiger partial charge in [0.15, 0.2) is 0 Å². The monoisotopic (exact) mass is 198 g/mol. The molecule has 13 heavy (non-hydrogen) atoms. The molecule has 0 saturated heterocycles. The average Bonchev–Trinajstić information content (AvgIpc) is 2.13. The Hall–Kier alpha value is -0.680. The maximum Gasteiger partial charge on any atom is 0.116 e. The number of hydrogen-bond acceptors (Lipinski definition) is 1. The third-order valence-corrected chi connectivity index (χ3v) is 2.67. The molecule has 0 fully saturated rings. The highest BCUT2D eigenvalue weighted by Gasteiger charge is 2.01. The van der Waals surface area contributed by atoms with E-state index in [1.807, 2.05) is 0 Å². The molecule has 2 heteroatoms. The van der Waals surface area contributed by atoms with Crippen molar-refractivity contribution in [1.29, 1.82) is 0 Å². The molecule has 0 saturated carbocycles. The Morgan fingerprint density at radius 1 is 1.69 bits per heavy atom. The summed E-state index contributed by atoms with van der Waals surface area (Å²) >= 11 is 1.70. The van der Waals surface area contributed by atoms with E-state index in [0.717, 1.165) is 12.2 Å². The zero-order chi connectivity index (χ0) is 10.1. The Bertz CT molecular complexity index is 223. The molecule has 0 aliphatic heterocycles. The van der Waals surface area contributed by atoms with Crippen molar-refractivity contribution in [3.8, 4) is 12.3 Å². The van der Waals surface area contributed by atoms with Gasteiger partial charge in [0, 0.05) is 5.75 Å². The van der Waals surface area contributed by atoms with Crippen LogP contribution in [0.1, 0.15) is 19.8 Å². The van der Waals surface area contributed by atoms with Gasteiger partial charge in [0.05, 0.1) is 6.42 Å². The minimum Gasteiger partial charge on any atom is -0.210 e. The highest BCUT2D eigenvalue weighted by molar-refractivity contribution is 7.99. The topological polar surface area (TPSA) is 0 Å². The van der Waals surface area contributed by atoms with Gasteiger partial charge in [-0.15, -0.1) is 6.42 Å². The van der Waals surface area contributed by atoms with Crippen LogP contribution in [-0.4, -0.2) is 11.5 Å². The van der Waals surface area contributed by atoms with Crippen LogP contribution in [0.3, 0.4) is 0 Å². The van der Waals surface area contributed by atoms with Crippen molar-refractivity contribution in [2.24, 2.45) is 0 Å². The van der Waals surface area contributed by atoms with Gasteiger partial charge in [-0.3, -0.25) is 0 Å². The largest absolute Gasteiger partial charge is 0.210 e. The minimum absolute atomic E-state index is 0.0774. The fourth-order valence-corrected chi connectivity index (χ4v) is 1.70. The summed E-state index contributed by atoms with van der Waals surface area (Å²) in [7, 11) is 0. The SMILES string of the molecule is C#CC/C(F)=C(\C=C)CSCCC. The maximum absolute atomic E-state index is 13.1. The number of terminal acetylenes is 1. The highest BCUT2D eigenvalue weighted by atomic mass is 32.2. The molecule has 0 atom stereocenters. The van der Waals surface area contributed by atoms with Crippen LogP contribution in [0.25, 0.3) is 0 Å². The van der Waals surface area contributed by atoms with Gasteiger partial charge < -0.3 is 0 Å². The second kappa shape index (κ2) is 7.94. The smallest absolute Gasteiger partial charge is 0.116 e. The Kier molecular flexibility index (Phi) is 7.53. The molecule has 0 aromatic rings. The van der Waals surface area contributed by atoms with Crippen molar-refractivity contribution >= 4 is 11.8 Å². The van der Waals surface area contributed by atoms with E-state index in [0.29, 0.717) is 11.3 Å². The predicted octanol–water partition coefficient (Wildman–Crippen LogP) is 3.56. The van der Waals surface area contributed by atoms with E-state index >= 15 is 0 Å². The Morgan fingerprint density at radius 3 is 2.85 bits per heavy atom. The first-order chi connectivity index (χ1) is 6.26. The van der Waals surface area contributed by atoms with Crippen LogP contribution in [0, 0.1) is 12.3 Å². The van der Waals surface area contributed by atoms with E-state index in [1.165, 1.54) is 0 Å². The standard InChI is InChI=1S/C11H15FS/c1-4-7-11(12)10(6-3)9-13-8-5-2/h1,6H,3,5,7-9H2,2H3/b11-10-. The lowest BCUT2D eigenvalue weighted by atomic mass is 10.2. The van der Waals surface area contributed by atoms with Crippen molar-refractivity contribution in [3.05, 3.63) is 24.1 Å². The van der Waals surface area contributed by atoms with Crippen LogP contribution in [-0.2, 0) is 0 Å². The van der Waals surface area contributed by atoms with Crippen molar-refractivity contribution in [2.75, 3.05) is 11.5 Å². The summed E-state index contributed by atoms with van der Waals surface area (Å²) < 4.78 is 13.1. The van der Waals surface area contributed by atoms with Crippen molar-refractivity contribution in [3.63, 3.8) is 0 Å². The summed E-state index contributed by atoms with van der Waals surface area (Å²) in [6, 6.07) is 0. The summed E-state index contributed by atoms with van der Waals surface area (Å²) in [6.07, 6.45) is 7.74. The lowest BCUT2D eigenvalue weighted by Crippen LogP contribution is -1.89. The number of thioether (sulfide) groups is 1. The fourth-order valence-electron chi connectivity index (χ4n) is 0.778. The second-order valence-corrected chi connectivity index (χ2v) is 3.67. The molecule has 0 aromatic heterocycles. The third-order valence-electron chi connectivity index (χ3n) is 1.46. The van der Waals surface area contributed by atoms with Gasteiger partial charge in [0.2, 0.25) is 0 Å². The summed E-state index contributed by atoms with van der Waals surface area (Å²) in [5.41, 5.74) is 0.636. The van der Waals surface area contributed by atoms with Crippen LogP contribution in [0.5, 0.6) is 0 Å². The zero-order valence-corrected chi connectivity index (χ0v) is 8.79. The fraction of sp³-hybridized carbons (Fsp3) is 0.455. The van der Waals surface area contributed by atoms with E-state index in [9.17, 15) is 4.39 Å². The lowest BCUT2D eigenvalue weighted by Gasteiger charge is -2.02. The highest BCUT2D eigenvalue weighted by Crippen LogP contribution is 2.17. The number of rotatable bonds is 6. The van der Waals surface area contributed by atoms with Gasteiger partial charge in [-0.25, -0.2) is 4.39 Å². The molecule has 0 heterocycles. The van der Waals surface area contributed by atoms with E-state index in [4.69, 9.17) is 6.42 Å². The molecule has 0 unspecified atom stereocenters. The molecular weight excluding hydrogens is 183 g/mol. The number of halogens is 1. The van der Waals surface area contributed by atoms with Gasteiger partial charge >= 0.3 is 0 Å². The minimum atomic E-state index is -0.221. The lowest BCUT2D eigenvalue weighted by molar-refractivity contribution is 0.613. The van der Waals surface area contributed by atoms with Crippen LogP contribution in [0.2, 0.25) is 0 Å². The van der Waals surface area contributed by atoms with Gasteiger partial charge in [-0.05, 0) is 17.7 Å². The molecule has 0 aromatic carbocycles. The summed E-state index contributed by atoms with van der Waals surface area (Å²) in [5.74, 6) is 3.78. The summed E-state index contributed by atoms with van der Waals surface area (Å²) in [5, 5.41) is 0. The quantitative estimate of drug-likeness (QED) is 0.357. The molecule has 0 bridgehead atoms. The first-order valence-electron chi connectivity index (χ1n) is 4.27. The Balaban J connectivity index is 4.08. The van der Waals surface area contributed by atoms with Gasteiger partial charge in [-0.1, -0.05) is 25.5 Å². The molecule has 0 radical (unpaired) electrons. The first kappa shape index (κ1) is 12.3. The van der Waals surface area contributed by atoms with E-state index in [-0.39, 0.29) is 12.2 Å². The maximum atomic E-state index is 13.1. The summed E-state index contributed by atoms with van der Waals surface area (Å²) in [6.45, 7) is 5.66. The van der Waals surface area contributed by atoms with Crippen LogP contribution in [0.4, 0.5) is 4.39 Å². The molecule has 72 valence electrons.